The van der Waals surface area contributed by atoms with Crippen molar-refractivity contribution in [1.29, 1.82) is 0 Å². The van der Waals surface area contributed by atoms with Crippen LogP contribution in [-0.4, -0.2) is 8.42 Å². The lowest BCUT2D eigenvalue weighted by Gasteiger charge is -2.14. The summed E-state index contributed by atoms with van der Waals surface area (Å²) in [6, 6.07) is 11.3. The van der Waals surface area contributed by atoms with E-state index in [1.807, 2.05) is 0 Å². The Morgan fingerprint density at radius 2 is 1.24 bits per heavy atom. The van der Waals surface area contributed by atoms with E-state index < -0.39 is 10.0 Å². The molecule has 0 aliphatic carbocycles. The van der Waals surface area contributed by atoms with Crippen LogP contribution in [0.15, 0.2) is 53.4 Å². The Kier molecular flexibility index (Phi) is 7.01. The van der Waals surface area contributed by atoms with Crippen LogP contribution in [0.5, 0.6) is 11.5 Å². The van der Waals surface area contributed by atoms with Crippen LogP contribution in [0.3, 0.4) is 0 Å². The average Bonchev–Trinajstić information content (AvgIpc) is 2.59. The molecule has 3 aromatic rings. The minimum absolute atomic E-state index is 0.0282. The van der Waals surface area contributed by atoms with Crippen LogP contribution in [0.25, 0.3) is 0 Å². The first-order valence-electron chi connectivity index (χ1n) is 7.66. The zero-order valence-corrected chi connectivity index (χ0v) is 19.4. The van der Waals surface area contributed by atoms with Gasteiger partial charge < -0.3 is 4.74 Å². The van der Waals surface area contributed by atoms with Crippen LogP contribution in [0.1, 0.15) is 0 Å². The van der Waals surface area contributed by atoms with Crippen LogP contribution in [0.2, 0.25) is 30.1 Å². The Balaban J connectivity index is 1.91. The van der Waals surface area contributed by atoms with Gasteiger partial charge in [0.15, 0.2) is 5.75 Å². The van der Waals surface area contributed by atoms with Crippen molar-refractivity contribution >= 4 is 85.3 Å². The third-order valence-electron chi connectivity index (χ3n) is 3.54. The zero-order valence-electron chi connectivity index (χ0n) is 14.0. The molecule has 0 amide bonds. The van der Waals surface area contributed by atoms with Gasteiger partial charge in [0.25, 0.3) is 10.0 Å². The lowest BCUT2D eigenvalue weighted by atomic mass is 10.3. The molecule has 0 fully saturated rings. The summed E-state index contributed by atoms with van der Waals surface area (Å²) in [6.45, 7) is 0. The summed E-state index contributed by atoms with van der Waals surface area (Å²) in [5.41, 5.74) is 0.112. The normalized spacial score (nSPS) is 11.4. The molecule has 0 aliphatic heterocycles. The Morgan fingerprint density at radius 1 is 0.690 bits per heavy atom. The van der Waals surface area contributed by atoms with E-state index in [4.69, 9.17) is 74.3 Å². The Morgan fingerprint density at radius 3 is 1.79 bits per heavy atom. The molecule has 0 aromatic heterocycles. The van der Waals surface area contributed by atoms with E-state index in [-0.39, 0.29) is 42.2 Å². The SMILES string of the molecule is O=S(=O)(Nc1cc(Cl)c(Oc2ccc(Cl)cc2Cl)c(Cl)c1)c1ccc(Cl)cc1Cl. The highest BCUT2D eigenvalue weighted by atomic mass is 35.5. The van der Waals surface area contributed by atoms with E-state index in [2.05, 4.69) is 4.72 Å². The summed E-state index contributed by atoms with van der Waals surface area (Å²) in [5, 5.41) is 1.09. The van der Waals surface area contributed by atoms with Crippen molar-refractivity contribution < 1.29 is 13.2 Å². The van der Waals surface area contributed by atoms with Crippen molar-refractivity contribution in [2.24, 2.45) is 0 Å². The first-order chi connectivity index (χ1) is 13.6. The molecule has 0 saturated carbocycles. The van der Waals surface area contributed by atoms with Crippen LogP contribution < -0.4 is 9.46 Å². The largest absolute Gasteiger partial charge is 0.453 e. The molecular weight excluding hydrogens is 523 g/mol. The van der Waals surface area contributed by atoms with Gasteiger partial charge in [-0.2, -0.15) is 0 Å². The number of hydrogen-bond donors (Lipinski definition) is 1. The predicted molar refractivity (Wildman–Crippen MR) is 120 cm³/mol. The van der Waals surface area contributed by atoms with Gasteiger partial charge in [-0.05, 0) is 48.5 Å². The molecule has 29 heavy (non-hydrogen) atoms. The summed E-state index contributed by atoms with van der Waals surface area (Å²) in [6.07, 6.45) is 0. The van der Waals surface area contributed by atoms with Crippen molar-refractivity contribution in [2.75, 3.05) is 4.72 Å². The number of nitrogens with one attached hydrogen (secondary N) is 1. The number of benzene rings is 3. The minimum Gasteiger partial charge on any atom is -0.453 e. The van der Waals surface area contributed by atoms with Gasteiger partial charge in [0.2, 0.25) is 0 Å². The number of ether oxygens (including phenoxy) is 1. The number of anilines is 1. The second-order valence-corrected chi connectivity index (χ2v) is 9.78. The van der Waals surface area contributed by atoms with Crippen molar-refractivity contribution in [1.82, 2.24) is 0 Å². The Hall–Kier alpha value is -1.05. The molecule has 0 aliphatic rings. The standard InChI is InChI=1S/C18H9Cl6NO3S/c19-9-1-3-16(12(21)5-9)28-18-14(23)7-11(8-15(18)24)25-29(26,27)17-4-2-10(20)6-13(17)22/h1-8,25H. The quantitative estimate of drug-likeness (QED) is 0.361. The molecule has 1 N–H and O–H groups in total. The van der Waals surface area contributed by atoms with Gasteiger partial charge >= 0.3 is 0 Å². The van der Waals surface area contributed by atoms with Gasteiger partial charge in [-0.25, -0.2) is 8.42 Å². The number of sulfonamides is 1. The first kappa shape index (κ1) is 22.6. The lowest BCUT2D eigenvalue weighted by molar-refractivity contribution is 0.483. The average molecular weight is 532 g/mol. The molecular formula is C18H9Cl6NO3S. The molecule has 0 spiro atoms. The minimum atomic E-state index is -4.01. The van der Waals surface area contributed by atoms with E-state index in [9.17, 15) is 8.42 Å². The van der Waals surface area contributed by atoms with Crippen molar-refractivity contribution in [3.05, 3.63) is 78.7 Å². The molecule has 4 nitrogen and oxygen atoms in total. The number of rotatable bonds is 5. The van der Waals surface area contributed by atoms with E-state index in [1.165, 1.54) is 36.4 Å². The molecule has 152 valence electrons. The summed E-state index contributed by atoms with van der Waals surface area (Å²) >= 11 is 36.2. The van der Waals surface area contributed by atoms with Gasteiger partial charge in [-0.3, -0.25) is 4.72 Å². The highest BCUT2D eigenvalue weighted by Gasteiger charge is 2.20. The Labute approximate surface area is 197 Å². The molecule has 0 bridgehead atoms. The monoisotopic (exact) mass is 529 g/mol. The van der Waals surface area contributed by atoms with Gasteiger partial charge in [0.05, 0.1) is 25.8 Å². The maximum atomic E-state index is 12.6. The van der Waals surface area contributed by atoms with E-state index in [1.54, 1.807) is 12.1 Å². The summed E-state index contributed by atoms with van der Waals surface area (Å²) in [5.74, 6) is 0.381. The molecule has 0 radical (unpaired) electrons. The fraction of sp³-hybridized carbons (Fsp3) is 0. The molecule has 11 heteroatoms. The maximum Gasteiger partial charge on any atom is 0.263 e. The smallest absolute Gasteiger partial charge is 0.263 e. The first-order valence-corrected chi connectivity index (χ1v) is 11.4. The molecule has 0 saturated heterocycles. The third kappa shape index (κ3) is 5.36. The van der Waals surface area contributed by atoms with Crippen molar-refractivity contribution in [2.45, 2.75) is 4.90 Å². The van der Waals surface area contributed by atoms with Crippen LogP contribution in [-0.2, 0) is 10.0 Å². The van der Waals surface area contributed by atoms with Crippen molar-refractivity contribution in [3.63, 3.8) is 0 Å². The zero-order chi connectivity index (χ0) is 21.3. The summed E-state index contributed by atoms with van der Waals surface area (Å²) < 4.78 is 33.3. The maximum absolute atomic E-state index is 12.6. The number of hydrogen-bond acceptors (Lipinski definition) is 3. The molecule has 3 aromatic carbocycles. The highest BCUT2D eigenvalue weighted by Crippen LogP contribution is 2.41. The summed E-state index contributed by atoms with van der Waals surface area (Å²) in [4.78, 5) is -0.149. The Bertz CT molecular complexity index is 1180. The third-order valence-corrected chi connectivity index (χ3v) is 6.73. The van der Waals surface area contributed by atoms with Gasteiger partial charge in [0, 0.05) is 10.0 Å². The summed E-state index contributed by atoms with van der Waals surface area (Å²) in [7, 11) is -4.01. The lowest BCUT2D eigenvalue weighted by Crippen LogP contribution is -2.13. The van der Waals surface area contributed by atoms with Crippen LogP contribution in [0, 0.1) is 0 Å². The molecule has 0 atom stereocenters. The number of halogens is 6. The van der Waals surface area contributed by atoms with Crippen molar-refractivity contribution in [3.8, 4) is 11.5 Å². The van der Waals surface area contributed by atoms with E-state index in [0.717, 1.165) is 0 Å². The van der Waals surface area contributed by atoms with E-state index in [0.29, 0.717) is 10.0 Å². The molecule has 0 unspecified atom stereocenters. The van der Waals surface area contributed by atoms with Crippen LogP contribution >= 0.6 is 69.6 Å². The van der Waals surface area contributed by atoms with Gasteiger partial charge in [-0.15, -0.1) is 0 Å². The van der Waals surface area contributed by atoms with E-state index >= 15 is 0 Å². The fourth-order valence-corrected chi connectivity index (χ4v) is 5.11. The molecule has 0 heterocycles. The predicted octanol–water partition coefficient (Wildman–Crippen LogP) is 8.20. The van der Waals surface area contributed by atoms with Gasteiger partial charge in [-0.1, -0.05) is 69.6 Å². The fourth-order valence-electron chi connectivity index (χ4n) is 2.29. The van der Waals surface area contributed by atoms with Crippen LogP contribution in [0.4, 0.5) is 5.69 Å². The topological polar surface area (TPSA) is 55.4 Å². The highest BCUT2D eigenvalue weighted by molar-refractivity contribution is 7.92. The van der Waals surface area contributed by atoms with Gasteiger partial charge in [0.1, 0.15) is 10.6 Å². The second-order valence-electron chi connectivity index (χ2n) is 5.63. The molecule has 3 rings (SSSR count). The second kappa shape index (κ2) is 8.98.